The highest BCUT2D eigenvalue weighted by atomic mass is 16.3. The zero-order chi connectivity index (χ0) is 41.0. The lowest BCUT2D eigenvalue weighted by Gasteiger charge is -2.15. The summed E-state index contributed by atoms with van der Waals surface area (Å²) >= 11 is 0. The summed E-state index contributed by atoms with van der Waals surface area (Å²) in [6, 6.07) is 76.6. The molecule has 0 fully saturated rings. The average Bonchev–Trinajstić information content (AvgIpc) is 3.89. The molecule has 290 valence electrons. The fourth-order valence-corrected chi connectivity index (χ4v) is 8.88. The minimum atomic E-state index is 0.579. The Balaban J connectivity index is 1.03. The molecule has 0 unspecified atom stereocenters. The van der Waals surface area contributed by atoms with Crippen molar-refractivity contribution >= 4 is 43.7 Å². The van der Waals surface area contributed by atoms with Gasteiger partial charge in [0.1, 0.15) is 11.2 Å². The molecule has 0 saturated carbocycles. The fourth-order valence-electron chi connectivity index (χ4n) is 8.88. The van der Waals surface area contributed by atoms with Gasteiger partial charge in [-0.25, -0.2) is 15.0 Å². The lowest BCUT2D eigenvalue weighted by Crippen LogP contribution is -2.01. The van der Waals surface area contributed by atoms with Gasteiger partial charge >= 0.3 is 0 Å². The third kappa shape index (κ3) is 6.14. The molecule has 9 aromatic carbocycles. The van der Waals surface area contributed by atoms with Crippen molar-refractivity contribution in [3.05, 3.63) is 218 Å². The van der Waals surface area contributed by atoms with Crippen LogP contribution in [0.15, 0.2) is 223 Å². The Hall–Kier alpha value is -8.41. The highest BCUT2D eigenvalue weighted by Crippen LogP contribution is 2.40. The number of nitrogens with zero attached hydrogens (tertiary/aromatic N) is 4. The Morgan fingerprint density at radius 2 is 0.839 bits per heavy atom. The molecule has 0 radical (unpaired) electrons. The number of rotatable bonds is 7. The van der Waals surface area contributed by atoms with Crippen LogP contribution in [0.2, 0.25) is 0 Å². The molecule has 0 atom stereocenters. The quantitative estimate of drug-likeness (QED) is 0.161. The molecule has 5 nitrogen and oxygen atoms in total. The fraction of sp³-hybridized carbons (Fsp3) is 0. The molecule has 0 spiro atoms. The first-order valence-corrected chi connectivity index (χ1v) is 20.8. The molecule has 62 heavy (non-hydrogen) atoms. The summed E-state index contributed by atoms with van der Waals surface area (Å²) in [4.78, 5) is 15.3. The van der Waals surface area contributed by atoms with Gasteiger partial charge in [0.15, 0.2) is 17.5 Å². The standard InChI is InChI=1S/C57H36N4O/c1-4-15-37(16-5-1)40-27-30-45(38-17-6-2-7-18-38)50(34-40)41-28-31-47-46-23-10-12-25-51(46)61(52(47)35-41)44-22-14-21-42(33-44)56-58-55(39-19-8-3-9-20-39)59-57(60-56)43-29-32-49-48-24-11-13-26-53(48)62-54(49)36-43/h1-36H. The van der Waals surface area contributed by atoms with Crippen molar-refractivity contribution in [1.82, 2.24) is 19.5 Å². The first-order chi connectivity index (χ1) is 30.7. The second kappa shape index (κ2) is 14.7. The second-order valence-electron chi connectivity index (χ2n) is 15.6. The first-order valence-electron chi connectivity index (χ1n) is 20.8. The van der Waals surface area contributed by atoms with Gasteiger partial charge in [0.2, 0.25) is 0 Å². The summed E-state index contributed by atoms with van der Waals surface area (Å²) in [5.41, 5.74) is 14.6. The van der Waals surface area contributed by atoms with Crippen molar-refractivity contribution in [3.63, 3.8) is 0 Å². The number of aromatic nitrogens is 4. The number of furan rings is 1. The van der Waals surface area contributed by atoms with Crippen LogP contribution >= 0.6 is 0 Å². The van der Waals surface area contributed by atoms with Crippen LogP contribution in [0, 0.1) is 0 Å². The molecule has 3 aromatic heterocycles. The molecule has 5 heteroatoms. The SMILES string of the molecule is c1ccc(-c2ccc(-c3ccccc3)c(-c3ccc4c5ccccc5n(-c5cccc(-c6nc(-c7ccccc7)nc(-c7ccc8c(c7)oc7ccccc78)n6)c5)c4c3)c2)cc1. The Bertz CT molecular complexity index is 3630. The maximum atomic E-state index is 6.29. The first kappa shape index (κ1) is 35.5. The summed E-state index contributed by atoms with van der Waals surface area (Å²) in [5, 5.41) is 4.52. The van der Waals surface area contributed by atoms with E-state index in [9.17, 15) is 0 Å². The van der Waals surface area contributed by atoms with E-state index in [4.69, 9.17) is 19.4 Å². The van der Waals surface area contributed by atoms with Gasteiger partial charge in [-0.05, 0) is 81.9 Å². The van der Waals surface area contributed by atoms with Crippen molar-refractivity contribution in [3.8, 4) is 73.2 Å². The number of benzene rings is 9. The smallest absolute Gasteiger partial charge is 0.164 e. The number of fused-ring (bicyclic) bond motifs is 6. The van der Waals surface area contributed by atoms with Crippen LogP contribution in [0.1, 0.15) is 0 Å². The lowest BCUT2D eigenvalue weighted by atomic mass is 9.90. The molecular formula is C57H36N4O. The number of para-hydroxylation sites is 2. The number of hydrogen-bond acceptors (Lipinski definition) is 4. The summed E-state index contributed by atoms with van der Waals surface area (Å²) in [7, 11) is 0. The van der Waals surface area contributed by atoms with Crippen LogP contribution < -0.4 is 0 Å². The largest absolute Gasteiger partial charge is 0.456 e. The summed E-state index contributed by atoms with van der Waals surface area (Å²) in [6.07, 6.45) is 0. The van der Waals surface area contributed by atoms with Crippen LogP contribution in [-0.4, -0.2) is 19.5 Å². The zero-order valence-electron chi connectivity index (χ0n) is 33.5. The van der Waals surface area contributed by atoms with Crippen LogP contribution in [0.5, 0.6) is 0 Å². The maximum Gasteiger partial charge on any atom is 0.164 e. The molecule has 0 saturated heterocycles. The number of hydrogen-bond donors (Lipinski definition) is 0. The Morgan fingerprint density at radius 3 is 1.61 bits per heavy atom. The van der Waals surface area contributed by atoms with Gasteiger partial charge in [0, 0.05) is 43.9 Å². The third-order valence-electron chi connectivity index (χ3n) is 11.9. The van der Waals surface area contributed by atoms with Crippen LogP contribution in [0.4, 0.5) is 0 Å². The van der Waals surface area contributed by atoms with E-state index in [2.05, 4.69) is 168 Å². The van der Waals surface area contributed by atoms with E-state index >= 15 is 0 Å². The molecule has 0 amide bonds. The molecule has 0 N–H and O–H groups in total. The van der Waals surface area contributed by atoms with Crippen molar-refractivity contribution in [2.45, 2.75) is 0 Å². The van der Waals surface area contributed by atoms with E-state index in [1.807, 2.05) is 54.6 Å². The topological polar surface area (TPSA) is 56.7 Å². The minimum Gasteiger partial charge on any atom is -0.456 e. The minimum absolute atomic E-state index is 0.579. The molecule has 0 bridgehead atoms. The highest BCUT2D eigenvalue weighted by molar-refractivity contribution is 6.11. The average molecular weight is 793 g/mol. The van der Waals surface area contributed by atoms with E-state index in [0.717, 1.165) is 60.9 Å². The molecule has 0 aliphatic carbocycles. The molecule has 3 heterocycles. The predicted octanol–water partition coefficient (Wildman–Crippen LogP) is 14.9. The van der Waals surface area contributed by atoms with Crippen molar-refractivity contribution in [2.75, 3.05) is 0 Å². The Kier molecular flexibility index (Phi) is 8.42. The normalized spacial score (nSPS) is 11.5. The zero-order valence-corrected chi connectivity index (χ0v) is 33.5. The third-order valence-corrected chi connectivity index (χ3v) is 11.9. The summed E-state index contributed by atoms with van der Waals surface area (Å²) in [6.45, 7) is 0. The van der Waals surface area contributed by atoms with E-state index < -0.39 is 0 Å². The van der Waals surface area contributed by atoms with E-state index in [-0.39, 0.29) is 0 Å². The van der Waals surface area contributed by atoms with Gasteiger partial charge in [-0.1, -0.05) is 170 Å². The Labute approximate surface area is 357 Å². The lowest BCUT2D eigenvalue weighted by molar-refractivity contribution is 0.669. The molecular weight excluding hydrogens is 757 g/mol. The van der Waals surface area contributed by atoms with E-state index in [1.165, 1.54) is 38.6 Å². The highest BCUT2D eigenvalue weighted by Gasteiger charge is 2.19. The van der Waals surface area contributed by atoms with Crippen molar-refractivity contribution in [1.29, 1.82) is 0 Å². The molecule has 12 rings (SSSR count). The van der Waals surface area contributed by atoms with E-state index in [0.29, 0.717) is 17.5 Å². The monoisotopic (exact) mass is 792 g/mol. The van der Waals surface area contributed by atoms with Crippen LogP contribution in [-0.2, 0) is 0 Å². The maximum absolute atomic E-state index is 6.29. The van der Waals surface area contributed by atoms with Gasteiger partial charge < -0.3 is 8.98 Å². The van der Waals surface area contributed by atoms with E-state index in [1.54, 1.807) is 0 Å². The van der Waals surface area contributed by atoms with Gasteiger partial charge in [-0.3, -0.25) is 0 Å². The van der Waals surface area contributed by atoms with Crippen LogP contribution in [0.25, 0.3) is 117 Å². The van der Waals surface area contributed by atoms with Gasteiger partial charge in [-0.15, -0.1) is 0 Å². The summed E-state index contributed by atoms with van der Waals surface area (Å²) in [5.74, 6) is 1.77. The van der Waals surface area contributed by atoms with Crippen LogP contribution in [0.3, 0.4) is 0 Å². The second-order valence-corrected chi connectivity index (χ2v) is 15.6. The van der Waals surface area contributed by atoms with Gasteiger partial charge in [-0.2, -0.15) is 0 Å². The van der Waals surface area contributed by atoms with Gasteiger partial charge in [0.25, 0.3) is 0 Å². The molecule has 0 aliphatic rings. The van der Waals surface area contributed by atoms with Gasteiger partial charge in [0.05, 0.1) is 11.0 Å². The van der Waals surface area contributed by atoms with Crippen molar-refractivity contribution in [2.24, 2.45) is 0 Å². The molecule has 0 aliphatic heterocycles. The Morgan fingerprint density at radius 1 is 0.290 bits per heavy atom. The summed E-state index contributed by atoms with van der Waals surface area (Å²) < 4.78 is 8.66. The molecule has 12 aromatic rings. The van der Waals surface area contributed by atoms with Crippen molar-refractivity contribution < 1.29 is 4.42 Å². The predicted molar refractivity (Wildman–Crippen MR) is 254 cm³/mol.